The minimum atomic E-state index is -1.08. The van der Waals surface area contributed by atoms with Gasteiger partial charge in [0.2, 0.25) is 11.8 Å². The van der Waals surface area contributed by atoms with Crippen molar-refractivity contribution in [3.8, 4) is 17.0 Å². The molecule has 26 heavy (non-hydrogen) atoms. The van der Waals surface area contributed by atoms with E-state index in [-0.39, 0.29) is 25.5 Å². The predicted molar refractivity (Wildman–Crippen MR) is 93.0 cm³/mol. The molecule has 2 N–H and O–H groups in total. The summed E-state index contributed by atoms with van der Waals surface area (Å²) in [5, 5.41) is 10.7. The van der Waals surface area contributed by atoms with Gasteiger partial charge in [-0.2, -0.15) is 0 Å². The van der Waals surface area contributed by atoms with Crippen molar-refractivity contribution in [2.75, 3.05) is 26.2 Å². The maximum Gasteiger partial charge on any atom is 0.404 e. The number of oxazole rings is 1. The van der Waals surface area contributed by atoms with Gasteiger partial charge in [0.25, 0.3) is 0 Å². The summed E-state index contributed by atoms with van der Waals surface area (Å²) >= 11 is 0. The zero-order valence-electron chi connectivity index (χ0n) is 14.3. The maximum absolute atomic E-state index is 12.1. The van der Waals surface area contributed by atoms with Gasteiger partial charge in [0.15, 0.2) is 0 Å². The summed E-state index contributed by atoms with van der Waals surface area (Å²) in [6, 6.07) is 7.23. The number of nitrogens with zero attached hydrogens (tertiary/aromatic N) is 2. The van der Waals surface area contributed by atoms with Gasteiger partial charge in [-0.1, -0.05) is 0 Å². The average Bonchev–Trinajstić information content (AvgIpc) is 3.31. The summed E-state index contributed by atoms with van der Waals surface area (Å²) in [5.41, 5.74) is 1.51. The van der Waals surface area contributed by atoms with Crippen molar-refractivity contribution in [1.82, 2.24) is 15.2 Å². The van der Waals surface area contributed by atoms with Crippen LogP contribution < -0.4 is 10.1 Å². The lowest BCUT2D eigenvalue weighted by Gasteiger charge is -2.13. The van der Waals surface area contributed by atoms with Crippen LogP contribution in [0, 0.1) is 0 Å². The highest BCUT2D eigenvalue weighted by Crippen LogP contribution is 2.22. The van der Waals surface area contributed by atoms with Crippen LogP contribution in [0.5, 0.6) is 5.75 Å². The number of hydrogen-bond acceptors (Lipinski definition) is 5. The third-order valence-electron chi connectivity index (χ3n) is 4.11. The molecule has 1 fully saturated rings. The number of carboxylic acid groups (broad SMARTS) is 1. The van der Waals surface area contributed by atoms with Gasteiger partial charge in [0, 0.05) is 18.7 Å². The Balaban J connectivity index is 1.53. The van der Waals surface area contributed by atoms with E-state index >= 15 is 0 Å². The zero-order chi connectivity index (χ0) is 18.4. The Morgan fingerprint density at radius 3 is 2.65 bits per heavy atom. The Labute approximate surface area is 150 Å². The van der Waals surface area contributed by atoms with Gasteiger partial charge in [-0.3, -0.25) is 4.79 Å². The summed E-state index contributed by atoms with van der Waals surface area (Å²) in [5.74, 6) is 1.10. The van der Waals surface area contributed by atoms with Crippen LogP contribution in [-0.4, -0.2) is 53.2 Å². The molecule has 3 rings (SSSR count). The number of aromatic nitrogens is 1. The first-order chi connectivity index (χ1) is 12.6. The van der Waals surface area contributed by atoms with Crippen molar-refractivity contribution < 1.29 is 23.8 Å². The number of ether oxygens (including phenoxy) is 1. The Kier molecular flexibility index (Phi) is 5.73. The van der Waals surface area contributed by atoms with Crippen LogP contribution in [0.1, 0.15) is 18.7 Å². The van der Waals surface area contributed by atoms with E-state index in [9.17, 15) is 9.59 Å². The molecule has 2 heterocycles. The van der Waals surface area contributed by atoms with Crippen LogP contribution in [0.3, 0.4) is 0 Å². The van der Waals surface area contributed by atoms with Gasteiger partial charge < -0.3 is 24.5 Å². The van der Waals surface area contributed by atoms with Crippen LogP contribution in [0.15, 0.2) is 34.9 Å². The van der Waals surface area contributed by atoms with E-state index in [0.717, 1.165) is 31.5 Å². The summed E-state index contributed by atoms with van der Waals surface area (Å²) in [6.07, 6.45) is 2.76. The number of carbonyl (C=O) groups excluding carboxylic acids is 1. The van der Waals surface area contributed by atoms with Crippen molar-refractivity contribution >= 4 is 12.0 Å². The molecule has 0 bridgehead atoms. The fourth-order valence-corrected chi connectivity index (χ4v) is 2.78. The lowest BCUT2D eigenvalue weighted by Crippen LogP contribution is -2.29. The quantitative estimate of drug-likeness (QED) is 0.734. The number of hydrogen-bond donors (Lipinski definition) is 2. The third-order valence-corrected chi connectivity index (χ3v) is 4.11. The Hall–Kier alpha value is -3.03. The molecule has 1 saturated heterocycles. The van der Waals surface area contributed by atoms with Crippen molar-refractivity contribution in [3.63, 3.8) is 0 Å². The van der Waals surface area contributed by atoms with Gasteiger partial charge in [0.1, 0.15) is 30.7 Å². The first kappa shape index (κ1) is 17.8. The predicted octanol–water partition coefficient (Wildman–Crippen LogP) is 2.15. The SMILES string of the molecule is O=C(O)NCCOc1ccc(-c2coc(CC(=O)N3CCCC3)n2)cc1. The van der Waals surface area contributed by atoms with E-state index in [1.807, 2.05) is 17.0 Å². The summed E-state index contributed by atoms with van der Waals surface area (Å²) < 4.78 is 10.9. The molecule has 0 saturated carbocycles. The molecule has 8 heteroatoms. The Morgan fingerprint density at radius 2 is 1.96 bits per heavy atom. The van der Waals surface area contributed by atoms with Crippen LogP contribution in [-0.2, 0) is 11.2 Å². The molecule has 1 aliphatic heterocycles. The van der Waals surface area contributed by atoms with Gasteiger partial charge in [-0.15, -0.1) is 0 Å². The lowest BCUT2D eigenvalue weighted by molar-refractivity contribution is -0.129. The number of benzene rings is 1. The normalized spacial score (nSPS) is 13.6. The van der Waals surface area contributed by atoms with E-state index in [2.05, 4.69) is 10.3 Å². The Morgan fingerprint density at radius 1 is 1.23 bits per heavy atom. The van der Waals surface area contributed by atoms with E-state index in [4.69, 9.17) is 14.3 Å². The molecular weight excluding hydrogens is 338 g/mol. The van der Waals surface area contributed by atoms with Crippen LogP contribution in [0.4, 0.5) is 4.79 Å². The van der Waals surface area contributed by atoms with E-state index in [0.29, 0.717) is 17.3 Å². The van der Waals surface area contributed by atoms with E-state index in [1.165, 1.54) is 0 Å². The molecule has 0 spiro atoms. The molecule has 0 atom stereocenters. The highest BCUT2D eigenvalue weighted by atomic mass is 16.5. The highest BCUT2D eigenvalue weighted by Gasteiger charge is 2.20. The number of nitrogens with one attached hydrogen (secondary N) is 1. The first-order valence-electron chi connectivity index (χ1n) is 8.54. The van der Waals surface area contributed by atoms with Gasteiger partial charge in [-0.25, -0.2) is 9.78 Å². The smallest absolute Gasteiger partial charge is 0.404 e. The number of rotatable bonds is 7. The number of amides is 2. The second-order valence-corrected chi connectivity index (χ2v) is 6.00. The van der Waals surface area contributed by atoms with Gasteiger partial charge in [-0.05, 0) is 37.1 Å². The molecule has 1 aromatic carbocycles. The molecule has 138 valence electrons. The Bertz CT molecular complexity index is 750. The van der Waals surface area contributed by atoms with Crippen molar-refractivity contribution in [2.45, 2.75) is 19.3 Å². The number of likely N-dealkylation sites (tertiary alicyclic amines) is 1. The topological polar surface area (TPSA) is 105 Å². The molecule has 2 amide bonds. The second-order valence-electron chi connectivity index (χ2n) is 6.00. The van der Waals surface area contributed by atoms with Gasteiger partial charge in [0.05, 0.1) is 6.54 Å². The maximum atomic E-state index is 12.1. The third kappa shape index (κ3) is 4.75. The van der Waals surface area contributed by atoms with E-state index in [1.54, 1.807) is 18.4 Å². The summed E-state index contributed by atoms with van der Waals surface area (Å²) in [7, 11) is 0. The standard InChI is InChI=1S/C18H21N3O5/c22-17(21-8-1-2-9-21)11-16-20-15(12-26-16)13-3-5-14(6-4-13)25-10-7-19-18(23)24/h3-6,12,19H,1-2,7-11H2,(H,23,24). The molecule has 8 nitrogen and oxygen atoms in total. The minimum Gasteiger partial charge on any atom is -0.492 e. The molecule has 0 unspecified atom stereocenters. The lowest BCUT2D eigenvalue weighted by atomic mass is 10.2. The summed E-state index contributed by atoms with van der Waals surface area (Å²) in [4.78, 5) is 28.7. The minimum absolute atomic E-state index is 0.0506. The molecule has 1 aliphatic rings. The fraction of sp³-hybridized carbons (Fsp3) is 0.389. The van der Waals surface area contributed by atoms with Crippen LogP contribution in [0.25, 0.3) is 11.3 Å². The average molecular weight is 359 g/mol. The summed E-state index contributed by atoms with van der Waals surface area (Å²) in [6.45, 7) is 2.10. The second kappa shape index (κ2) is 8.37. The monoisotopic (exact) mass is 359 g/mol. The van der Waals surface area contributed by atoms with Gasteiger partial charge >= 0.3 is 6.09 Å². The molecule has 2 aromatic rings. The number of carbonyl (C=O) groups is 2. The molecule has 1 aromatic heterocycles. The van der Waals surface area contributed by atoms with Crippen LogP contribution >= 0.6 is 0 Å². The van der Waals surface area contributed by atoms with Crippen molar-refractivity contribution in [3.05, 3.63) is 36.4 Å². The fourth-order valence-electron chi connectivity index (χ4n) is 2.78. The molecule has 0 radical (unpaired) electrons. The van der Waals surface area contributed by atoms with Crippen LogP contribution in [0.2, 0.25) is 0 Å². The van der Waals surface area contributed by atoms with Crippen molar-refractivity contribution in [2.24, 2.45) is 0 Å². The highest BCUT2D eigenvalue weighted by molar-refractivity contribution is 5.78. The molecular formula is C18H21N3O5. The first-order valence-corrected chi connectivity index (χ1v) is 8.54. The van der Waals surface area contributed by atoms with Crippen molar-refractivity contribution in [1.29, 1.82) is 0 Å². The zero-order valence-corrected chi connectivity index (χ0v) is 14.3. The van der Waals surface area contributed by atoms with E-state index < -0.39 is 6.09 Å². The largest absolute Gasteiger partial charge is 0.492 e. The molecule has 0 aliphatic carbocycles.